The number of hydrazine groups is 1. The predicted molar refractivity (Wildman–Crippen MR) is 77.9 cm³/mol. The van der Waals surface area contributed by atoms with Crippen LogP contribution in [0.25, 0.3) is 0 Å². The molecular formula is C12H15N5OS. The Bertz CT molecular complexity index is 541. The minimum atomic E-state index is 0.560. The molecular weight excluding hydrogens is 262 g/mol. The van der Waals surface area contributed by atoms with Gasteiger partial charge in [0.25, 0.3) is 0 Å². The van der Waals surface area contributed by atoms with Crippen molar-refractivity contribution in [3.63, 3.8) is 0 Å². The van der Waals surface area contributed by atoms with Gasteiger partial charge in [-0.1, -0.05) is 17.8 Å². The molecule has 0 unspecified atom stereocenters. The van der Waals surface area contributed by atoms with E-state index in [1.54, 1.807) is 13.2 Å². The molecule has 100 valence electrons. The van der Waals surface area contributed by atoms with Crippen molar-refractivity contribution in [1.82, 2.24) is 9.97 Å². The van der Waals surface area contributed by atoms with E-state index < -0.39 is 0 Å². The topological polar surface area (TPSA) is 85.1 Å². The Morgan fingerprint density at radius 2 is 2.00 bits per heavy atom. The fraction of sp³-hybridized carbons (Fsp3) is 0.167. The summed E-state index contributed by atoms with van der Waals surface area (Å²) in [6, 6.07) is 9.33. The number of nitrogens with zero attached hydrogens (tertiary/aromatic N) is 2. The molecule has 0 spiro atoms. The van der Waals surface area contributed by atoms with E-state index in [2.05, 4.69) is 20.7 Å². The summed E-state index contributed by atoms with van der Waals surface area (Å²) in [4.78, 5) is 8.55. The first kappa shape index (κ1) is 13.4. The zero-order chi connectivity index (χ0) is 13.7. The Balaban J connectivity index is 2.26. The van der Waals surface area contributed by atoms with Crippen molar-refractivity contribution in [3.05, 3.63) is 30.3 Å². The summed E-state index contributed by atoms with van der Waals surface area (Å²) in [5.41, 5.74) is 3.40. The van der Waals surface area contributed by atoms with Gasteiger partial charge in [-0.15, -0.1) is 0 Å². The first-order valence-electron chi connectivity index (χ1n) is 5.56. The molecule has 0 atom stereocenters. The smallest absolute Gasteiger partial charge is 0.191 e. The summed E-state index contributed by atoms with van der Waals surface area (Å²) in [7, 11) is 1.63. The number of nitrogens with one attached hydrogen (secondary N) is 2. The highest BCUT2D eigenvalue weighted by atomic mass is 32.2. The molecule has 0 aliphatic heterocycles. The van der Waals surface area contributed by atoms with E-state index in [0.29, 0.717) is 16.8 Å². The molecule has 0 aliphatic carbocycles. The Morgan fingerprint density at radius 1 is 1.21 bits per heavy atom. The Labute approximate surface area is 115 Å². The summed E-state index contributed by atoms with van der Waals surface area (Å²) < 4.78 is 5.17. The normalized spacial score (nSPS) is 10.1. The van der Waals surface area contributed by atoms with Gasteiger partial charge in [-0.25, -0.2) is 15.8 Å². The number of aromatic nitrogens is 2. The molecule has 0 fully saturated rings. The molecule has 4 N–H and O–H groups in total. The third-order valence-corrected chi connectivity index (χ3v) is 2.93. The lowest BCUT2D eigenvalue weighted by Crippen LogP contribution is -2.10. The first-order valence-corrected chi connectivity index (χ1v) is 6.78. The molecule has 0 saturated carbocycles. The minimum Gasteiger partial charge on any atom is -0.497 e. The van der Waals surface area contributed by atoms with Crippen LogP contribution in [-0.4, -0.2) is 23.3 Å². The quantitative estimate of drug-likeness (QED) is 0.334. The van der Waals surface area contributed by atoms with Gasteiger partial charge in [0, 0.05) is 17.8 Å². The molecule has 6 nitrogen and oxygen atoms in total. The Hall–Kier alpha value is -1.99. The van der Waals surface area contributed by atoms with Crippen LogP contribution >= 0.6 is 11.8 Å². The SMILES string of the molecule is COc1cccc(Nc2cc(NN)nc(SC)n2)c1. The van der Waals surface area contributed by atoms with Crippen LogP contribution in [0.2, 0.25) is 0 Å². The van der Waals surface area contributed by atoms with Crippen LogP contribution in [0.1, 0.15) is 0 Å². The Kier molecular flexibility index (Phi) is 4.43. The number of rotatable bonds is 5. The fourth-order valence-electron chi connectivity index (χ4n) is 1.50. The molecule has 1 heterocycles. The number of ether oxygens (including phenoxy) is 1. The average Bonchev–Trinajstić information content (AvgIpc) is 2.47. The van der Waals surface area contributed by atoms with E-state index in [1.807, 2.05) is 30.5 Å². The van der Waals surface area contributed by atoms with Crippen molar-refractivity contribution < 1.29 is 4.74 Å². The second-order valence-electron chi connectivity index (χ2n) is 3.63. The summed E-state index contributed by atoms with van der Waals surface area (Å²) in [6.07, 6.45) is 1.91. The maximum atomic E-state index is 5.38. The summed E-state index contributed by atoms with van der Waals surface area (Å²) >= 11 is 1.45. The van der Waals surface area contributed by atoms with Gasteiger partial charge in [0.1, 0.15) is 17.4 Å². The van der Waals surface area contributed by atoms with E-state index >= 15 is 0 Å². The van der Waals surface area contributed by atoms with Crippen molar-refractivity contribution in [2.24, 2.45) is 5.84 Å². The number of thioether (sulfide) groups is 1. The lowest BCUT2D eigenvalue weighted by Gasteiger charge is -2.09. The monoisotopic (exact) mass is 277 g/mol. The molecule has 0 aliphatic rings. The molecule has 1 aromatic heterocycles. The number of methoxy groups -OCH3 is 1. The molecule has 0 bridgehead atoms. The highest BCUT2D eigenvalue weighted by Crippen LogP contribution is 2.23. The van der Waals surface area contributed by atoms with Crippen LogP contribution in [-0.2, 0) is 0 Å². The number of anilines is 3. The molecule has 1 aromatic carbocycles. The van der Waals surface area contributed by atoms with Gasteiger partial charge in [0.15, 0.2) is 5.16 Å². The van der Waals surface area contributed by atoms with Gasteiger partial charge in [-0.2, -0.15) is 0 Å². The van der Waals surface area contributed by atoms with E-state index in [4.69, 9.17) is 10.6 Å². The largest absolute Gasteiger partial charge is 0.497 e. The summed E-state index contributed by atoms with van der Waals surface area (Å²) in [5, 5.41) is 3.83. The predicted octanol–water partition coefficient (Wildman–Crippen LogP) is 2.24. The standard InChI is InChI=1S/C12H15N5OS/c1-18-9-5-3-4-8(6-9)14-10-7-11(17-13)16-12(15-10)19-2/h3-7H,13H2,1-2H3,(H2,14,15,16,17). The molecule has 0 amide bonds. The lowest BCUT2D eigenvalue weighted by molar-refractivity contribution is 0.415. The molecule has 2 rings (SSSR count). The van der Waals surface area contributed by atoms with Crippen LogP contribution in [0.15, 0.2) is 35.5 Å². The molecule has 0 radical (unpaired) electrons. The van der Waals surface area contributed by atoms with Crippen LogP contribution in [0.5, 0.6) is 5.75 Å². The van der Waals surface area contributed by atoms with Crippen molar-refractivity contribution in [2.75, 3.05) is 24.1 Å². The number of hydrogen-bond acceptors (Lipinski definition) is 7. The molecule has 2 aromatic rings. The van der Waals surface area contributed by atoms with Gasteiger partial charge in [0.05, 0.1) is 7.11 Å². The van der Waals surface area contributed by atoms with Gasteiger partial charge in [-0.3, -0.25) is 0 Å². The summed E-state index contributed by atoms with van der Waals surface area (Å²) in [5.74, 6) is 7.39. The zero-order valence-corrected chi connectivity index (χ0v) is 11.5. The van der Waals surface area contributed by atoms with Gasteiger partial charge < -0.3 is 15.5 Å². The minimum absolute atomic E-state index is 0.560. The van der Waals surface area contributed by atoms with Crippen molar-refractivity contribution in [1.29, 1.82) is 0 Å². The highest BCUT2D eigenvalue weighted by molar-refractivity contribution is 7.98. The third kappa shape index (κ3) is 3.49. The number of hydrogen-bond donors (Lipinski definition) is 3. The van der Waals surface area contributed by atoms with E-state index in [0.717, 1.165) is 11.4 Å². The maximum Gasteiger partial charge on any atom is 0.191 e. The van der Waals surface area contributed by atoms with E-state index in [9.17, 15) is 0 Å². The van der Waals surface area contributed by atoms with Crippen molar-refractivity contribution in [3.8, 4) is 5.75 Å². The number of nitrogens with two attached hydrogens (primary N) is 1. The lowest BCUT2D eigenvalue weighted by atomic mass is 10.3. The van der Waals surface area contributed by atoms with Crippen molar-refractivity contribution in [2.45, 2.75) is 5.16 Å². The van der Waals surface area contributed by atoms with Gasteiger partial charge >= 0.3 is 0 Å². The van der Waals surface area contributed by atoms with Gasteiger partial charge in [-0.05, 0) is 18.4 Å². The second kappa shape index (κ2) is 6.26. The van der Waals surface area contributed by atoms with Crippen molar-refractivity contribution >= 4 is 29.1 Å². The first-order chi connectivity index (χ1) is 9.25. The molecule has 7 heteroatoms. The van der Waals surface area contributed by atoms with Crippen LogP contribution in [0.3, 0.4) is 0 Å². The highest BCUT2D eigenvalue weighted by Gasteiger charge is 2.04. The molecule has 0 saturated heterocycles. The maximum absolute atomic E-state index is 5.38. The van der Waals surface area contributed by atoms with E-state index in [1.165, 1.54) is 11.8 Å². The zero-order valence-electron chi connectivity index (χ0n) is 10.7. The van der Waals surface area contributed by atoms with Crippen LogP contribution < -0.4 is 21.3 Å². The average molecular weight is 277 g/mol. The fourth-order valence-corrected chi connectivity index (χ4v) is 1.88. The second-order valence-corrected chi connectivity index (χ2v) is 4.40. The van der Waals surface area contributed by atoms with Crippen LogP contribution in [0.4, 0.5) is 17.3 Å². The Morgan fingerprint density at radius 3 is 2.68 bits per heavy atom. The van der Waals surface area contributed by atoms with E-state index in [-0.39, 0.29) is 0 Å². The number of benzene rings is 1. The third-order valence-electron chi connectivity index (χ3n) is 2.38. The number of nitrogen functional groups attached to an aromatic ring is 1. The summed E-state index contributed by atoms with van der Waals surface area (Å²) in [6.45, 7) is 0. The van der Waals surface area contributed by atoms with Crippen LogP contribution in [0, 0.1) is 0 Å². The molecule has 19 heavy (non-hydrogen) atoms. The van der Waals surface area contributed by atoms with Gasteiger partial charge in [0.2, 0.25) is 0 Å².